The van der Waals surface area contributed by atoms with Crippen LogP contribution in [0.5, 0.6) is 0 Å². The predicted octanol–water partition coefficient (Wildman–Crippen LogP) is 3.42. The summed E-state index contributed by atoms with van der Waals surface area (Å²) in [6, 6.07) is 15.8. The van der Waals surface area contributed by atoms with E-state index in [0.717, 1.165) is 49.1 Å². The molecule has 29 heavy (non-hydrogen) atoms. The maximum atomic E-state index is 12.8. The van der Waals surface area contributed by atoms with Crippen LogP contribution in [0.1, 0.15) is 24.4 Å². The van der Waals surface area contributed by atoms with Crippen LogP contribution in [0.25, 0.3) is 5.69 Å². The number of hydrogen-bond acceptors (Lipinski definition) is 4. The number of hydrogen-bond donors (Lipinski definition) is 0. The van der Waals surface area contributed by atoms with Crippen molar-refractivity contribution in [3.63, 3.8) is 0 Å². The molecular weight excluding hydrogens is 386 g/mol. The number of pyridine rings is 1. The van der Waals surface area contributed by atoms with Crippen LogP contribution in [-0.2, 0) is 7.05 Å². The van der Waals surface area contributed by atoms with Crippen molar-refractivity contribution in [2.24, 2.45) is 7.05 Å². The van der Waals surface area contributed by atoms with E-state index in [-0.39, 0.29) is 11.6 Å². The van der Waals surface area contributed by atoms with Crippen molar-refractivity contribution in [3.8, 4) is 5.69 Å². The highest BCUT2D eigenvalue weighted by Gasteiger charge is 2.28. The number of nitrogens with zero attached hydrogens (tertiary/aromatic N) is 5. The number of aryl methyl sites for hydroxylation is 1. The lowest BCUT2D eigenvalue weighted by atomic mass is 10.1. The maximum absolute atomic E-state index is 12.8. The number of benzene rings is 1. The normalized spacial score (nSPS) is 16.2. The molecule has 6 nitrogen and oxygen atoms in total. The fraction of sp³-hybridized carbons (Fsp3) is 0.364. The van der Waals surface area contributed by atoms with E-state index in [4.69, 9.17) is 11.6 Å². The SMILES string of the molecule is Cc1cccc(N2CCN(C(C)c3c(Cl)c(=O)n(-c4ccccc4)n3C)CC2)n1. The lowest BCUT2D eigenvalue weighted by Gasteiger charge is -2.38. The first-order valence-corrected chi connectivity index (χ1v) is 10.3. The molecule has 3 heterocycles. The average molecular weight is 412 g/mol. The smallest absolute Gasteiger partial charge is 0.290 e. The average Bonchev–Trinajstić information content (AvgIpc) is 2.96. The quantitative estimate of drug-likeness (QED) is 0.660. The van der Waals surface area contributed by atoms with Gasteiger partial charge < -0.3 is 4.90 Å². The van der Waals surface area contributed by atoms with Crippen LogP contribution in [0.4, 0.5) is 5.82 Å². The summed E-state index contributed by atoms with van der Waals surface area (Å²) in [4.78, 5) is 22.2. The summed E-state index contributed by atoms with van der Waals surface area (Å²) in [5.74, 6) is 1.03. The highest BCUT2D eigenvalue weighted by atomic mass is 35.5. The van der Waals surface area contributed by atoms with E-state index in [1.165, 1.54) is 0 Å². The molecule has 1 aliphatic rings. The second kappa shape index (κ2) is 8.05. The van der Waals surface area contributed by atoms with E-state index in [0.29, 0.717) is 5.02 Å². The summed E-state index contributed by atoms with van der Waals surface area (Å²) in [5, 5.41) is 0.298. The molecule has 0 spiro atoms. The summed E-state index contributed by atoms with van der Waals surface area (Å²) in [6.45, 7) is 7.70. The molecule has 152 valence electrons. The molecule has 0 N–H and O–H groups in total. The van der Waals surface area contributed by atoms with Gasteiger partial charge in [-0.15, -0.1) is 0 Å². The second-order valence-electron chi connectivity index (χ2n) is 7.51. The molecule has 1 atom stereocenters. The van der Waals surface area contributed by atoms with E-state index < -0.39 is 0 Å². The van der Waals surface area contributed by atoms with E-state index in [2.05, 4.69) is 33.8 Å². The molecule has 1 unspecified atom stereocenters. The molecule has 0 bridgehead atoms. The van der Waals surface area contributed by atoms with E-state index >= 15 is 0 Å². The zero-order chi connectivity index (χ0) is 20.5. The van der Waals surface area contributed by atoms with Gasteiger partial charge in [0.2, 0.25) is 0 Å². The first-order chi connectivity index (χ1) is 14.0. The molecule has 1 fully saturated rings. The van der Waals surface area contributed by atoms with Crippen LogP contribution in [0.15, 0.2) is 53.3 Å². The lowest BCUT2D eigenvalue weighted by Crippen LogP contribution is -2.47. The maximum Gasteiger partial charge on any atom is 0.290 e. The van der Waals surface area contributed by atoms with Crippen LogP contribution in [0.2, 0.25) is 5.02 Å². The molecule has 4 rings (SSSR count). The van der Waals surface area contributed by atoms with Gasteiger partial charge in [-0.25, -0.2) is 9.67 Å². The largest absolute Gasteiger partial charge is 0.354 e. The third kappa shape index (κ3) is 3.70. The summed E-state index contributed by atoms with van der Waals surface area (Å²) in [7, 11) is 1.90. The van der Waals surface area contributed by atoms with Gasteiger partial charge in [0.1, 0.15) is 10.8 Å². The second-order valence-corrected chi connectivity index (χ2v) is 7.89. The molecule has 0 radical (unpaired) electrons. The molecule has 0 saturated carbocycles. The van der Waals surface area contributed by atoms with Gasteiger partial charge >= 0.3 is 0 Å². The number of anilines is 1. The van der Waals surface area contributed by atoms with E-state index in [1.807, 2.05) is 55.1 Å². The molecule has 1 aromatic carbocycles. The number of halogens is 1. The highest BCUT2D eigenvalue weighted by Crippen LogP contribution is 2.28. The van der Waals surface area contributed by atoms with E-state index in [1.54, 1.807) is 4.68 Å². The molecule has 0 aliphatic carbocycles. The van der Waals surface area contributed by atoms with Crippen LogP contribution in [0.3, 0.4) is 0 Å². The van der Waals surface area contributed by atoms with Crippen molar-refractivity contribution >= 4 is 17.4 Å². The Morgan fingerprint density at radius 1 is 1.00 bits per heavy atom. The van der Waals surface area contributed by atoms with Crippen molar-refractivity contribution < 1.29 is 0 Å². The minimum atomic E-state index is -0.176. The number of para-hydroxylation sites is 1. The van der Waals surface area contributed by atoms with Crippen molar-refractivity contribution in [3.05, 3.63) is 75.3 Å². The zero-order valence-electron chi connectivity index (χ0n) is 17.0. The monoisotopic (exact) mass is 411 g/mol. The van der Waals surface area contributed by atoms with Crippen LogP contribution in [-0.4, -0.2) is 45.4 Å². The number of piperazine rings is 1. The number of aromatic nitrogens is 3. The molecule has 2 aromatic heterocycles. The lowest BCUT2D eigenvalue weighted by molar-refractivity contribution is 0.190. The summed E-state index contributed by atoms with van der Waals surface area (Å²) >= 11 is 6.52. The molecule has 1 aliphatic heterocycles. The first kappa shape index (κ1) is 19.7. The van der Waals surface area contributed by atoms with Crippen molar-refractivity contribution in [2.75, 3.05) is 31.1 Å². The summed E-state index contributed by atoms with van der Waals surface area (Å²) < 4.78 is 3.53. The van der Waals surface area contributed by atoms with E-state index in [9.17, 15) is 4.79 Å². The van der Waals surface area contributed by atoms with Gasteiger partial charge in [0, 0.05) is 38.9 Å². The van der Waals surface area contributed by atoms with Crippen LogP contribution in [0, 0.1) is 6.92 Å². The van der Waals surface area contributed by atoms with Crippen LogP contribution < -0.4 is 10.5 Å². The Morgan fingerprint density at radius 3 is 2.34 bits per heavy atom. The Morgan fingerprint density at radius 2 is 1.69 bits per heavy atom. The predicted molar refractivity (Wildman–Crippen MR) is 117 cm³/mol. The van der Waals surface area contributed by atoms with Gasteiger partial charge in [-0.05, 0) is 38.1 Å². The Kier molecular flexibility index (Phi) is 5.48. The zero-order valence-corrected chi connectivity index (χ0v) is 17.8. The standard InChI is InChI=1S/C22H26ClN5O/c1-16-8-7-11-19(24-16)27-14-12-26(13-15-27)17(2)21-20(23)22(29)28(25(21)3)18-9-5-4-6-10-18/h4-11,17H,12-15H2,1-3H3. The third-order valence-electron chi connectivity index (χ3n) is 5.71. The van der Waals surface area contributed by atoms with Crippen molar-refractivity contribution in [2.45, 2.75) is 19.9 Å². The Bertz CT molecular complexity index is 1050. The Hall–Kier alpha value is -2.57. The van der Waals surface area contributed by atoms with Crippen LogP contribution >= 0.6 is 11.6 Å². The van der Waals surface area contributed by atoms with Gasteiger partial charge in [0.25, 0.3) is 5.56 Å². The van der Waals surface area contributed by atoms with Gasteiger partial charge in [-0.3, -0.25) is 14.4 Å². The molecular formula is C22H26ClN5O. The highest BCUT2D eigenvalue weighted by molar-refractivity contribution is 6.31. The third-order valence-corrected chi connectivity index (χ3v) is 6.07. The minimum absolute atomic E-state index is 0.0396. The fourth-order valence-electron chi connectivity index (χ4n) is 4.12. The minimum Gasteiger partial charge on any atom is -0.354 e. The first-order valence-electron chi connectivity index (χ1n) is 9.93. The number of rotatable bonds is 4. The Balaban J connectivity index is 1.55. The van der Waals surface area contributed by atoms with Gasteiger partial charge in [0.15, 0.2) is 0 Å². The molecule has 1 saturated heterocycles. The summed E-state index contributed by atoms with van der Waals surface area (Å²) in [5.41, 5.74) is 2.52. The van der Waals surface area contributed by atoms with Crippen molar-refractivity contribution in [1.29, 1.82) is 0 Å². The molecule has 0 amide bonds. The summed E-state index contributed by atoms with van der Waals surface area (Å²) in [6.07, 6.45) is 0. The van der Waals surface area contributed by atoms with Gasteiger partial charge in [0.05, 0.1) is 17.4 Å². The van der Waals surface area contributed by atoms with Gasteiger partial charge in [-0.2, -0.15) is 0 Å². The molecule has 3 aromatic rings. The topological polar surface area (TPSA) is 46.3 Å². The Labute approximate surface area is 175 Å². The fourth-order valence-corrected chi connectivity index (χ4v) is 4.48. The van der Waals surface area contributed by atoms with Crippen molar-refractivity contribution in [1.82, 2.24) is 19.2 Å². The van der Waals surface area contributed by atoms with Gasteiger partial charge in [-0.1, -0.05) is 35.9 Å². The molecule has 7 heteroatoms.